The van der Waals surface area contributed by atoms with Crippen LogP contribution in [0.15, 0.2) is 67.0 Å². The number of carbonyl (C=O) groups is 1. The fourth-order valence-corrected chi connectivity index (χ4v) is 3.33. The van der Waals surface area contributed by atoms with Crippen LogP contribution in [0.3, 0.4) is 0 Å². The van der Waals surface area contributed by atoms with Gasteiger partial charge in [-0.15, -0.1) is 0 Å². The molecule has 1 atom stereocenters. The van der Waals surface area contributed by atoms with Crippen LogP contribution in [0.4, 0.5) is 5.69 Å². The van der Waals surface area contributed by atoms with Crippen molar-refractivity contribution in [2.24, 2.45) is 0 Å². The largest absolute Gasteiger partial charge is 0.493 e. The van der Waals surface area contributed by atoms with Crippen LogP contribution in [0.5, 0.6) is 17.2 Å². The zero-order chi connectivity index (χ0) is 20.6. The number of aromatic nitrogens is 1. The average molecular weight is 394 g/mol. The molecule has 0 aliphatic rings. The summed E-state index contributed by atoms with van der Waals surface area (Å²) in [6.07, 6.45) is 4.09. The van der Waals surface area contributed by atoms with E-state index in [1.54, 1.807) is 14.2 Å². The van der Waals surface area contributed by atoms with Gasteiger partial charge in [-0.25, -0.2) is 0 Å². The SMILES string of the molecule is CCOc1ccccc1NC(=O)CC(c1cccc(OC)c1OC)n1cccc1. The molecule has 2 aromatic carbocycles. The number of hydrogen-bond acceptors (Lipinski definition) is 4. The Morgan fingerprint density at radius 2 is 1.69 bits per heavy atom. The van der Waals surface area contributed by atoms with Crippen molar-refractivity contribution in [1.29, 1.82) is 0 Å². The number of rotatable bonds is 9. The zero-order valence-corrected chi connectivity index (χ0v) is 16.9. The van der Waals surface area contributed by atoms with Gasteiger partial charge < -0.3 is 24.1 Å². The van der Waals surface area contributed by atoms with Gasteiger partial charge in [0.1, 0.15) is 5.75 Å². The van der Waals surface area contributed by atoms with Gasteiger partial charge in [-0.2, -0.15) is 0 Å². The van der Waals surface area contributed by atoms with Gasteiger partial charge in [0, 0.05) is 18.0 Å². The lowest BCUT2D eigenvalue weighted by Crippen LogP contribution is -2.20. The summed E-state index contributed by atoms with van der Waals surface area (Å²) in [7, 11) is 3.20. The van der Waals surface area contributed by atoms with Gasteiger partial charge in [-0.1, -0.05) is 24.3 Å². The summed E-state index contributed by atoms with van der Waals surface area (Å²) in [6.45, 7) is 2.44. The van der Waals surface area contributed by atoms with Crippen LogP contribution >= 0.6 is 0 Å². The smallest absolute Gasteiger partial charge is 0.226 e. The summed E-state index contributed by atoms with van der Waals surface area (Å²) in [6, 6.07) is 16.7. The van der Waals surface area contributed by atoms with Gasteiger partial charge in [0.05, 0.1) is 39.0 Å². The minimum absolute atomic E-state index is 0.124. The molecule has 0 fully saturated rings. The van der Waals surface area contributed by atoms with Gasteiger partial charge in [-0.05, 0) is 37.3 Å². The number of amides is 1. The summed E-state index contributed by atoms with van der Waals surface area (Å²) < 4.78 is 18.6. The molecule has 0 aliphatic heterocycles. The highest BCUT2D eigenvalue weighted by atomic mass is 16.5. The maximum atomic E-state index is 12.9. The first-order valence-corrected chi connectivity index (χ1v) is 9.53. The summed E-state index contributed by atoms with van der Waals surface area (Å²) in [5, 5.41) is 2.97. The van der Waals surface area contributed by atoms with Crippen LogP contribution in [-0.4, -0.2) is 31.3 Å². The van der Waals surface area contributed by atoms with E-state index in [1.807, 2.05) is 78.5 Å². The first-order chi connectivity index (χ1) is 14.2. The second kappa shape index (κ2) is 9.68. The third-order valence-electron chi connectivity index (χ3n) is 4.62. The minimum Gasteiger partial charge on any atom is -0.493 e. The van der Waals surface area contributed by atoms with Crippen molar-refractivity contribution in [3.8, 4) is 17.2 Å². The molecule has 152 valence electrons. The fourth-order valence-electron chi connectivity index (χ4n) is 3.33. The van der Waals surface area contributed by atoms with Crippen molar-refractivity contribution in [1.82, 2.24) is 4.57 Å². The highest BCUT2D eigenvalue weighted by molar-refractivity contribution is 5.92. The molecule has 0 saturated carbocycles. The summed E-state index contributed by atoms with van der Waals surface area (Å²) in [4.78, 5) is 12.9. The maximum absolute atomic E-state index is 12.9. The van der Waals surface area contributed by atoms with Crippen LogP contribution in [0.1, 0.15) is 24.9 Å². The third-order valence-corrected chi connectivity index (χ3v) is 4.62. The van der Waals surface area contributed by atoms with E-state index in [1.165, 1.54) is 0 Å². The molecule has 6 heteroatoms. The molecule has 1 unspecified atom stereocenters. The van der Waals surface area contributed by atoms with E-state index < -0.39 is 0 Å². The summed E-state index contributed by atoms with van der Waals surface area (Å²) in [5.41, 5.74) is 1.53. The molecule has 1 heterocycles. The fraction of sp³-hybridized carbons (Fsp3) is 0.261. The van der Waals surface area contributed by atoms with E-state index in [2.05, 4.69) is 5.32 Å². The van der Waals surface area contributed by atoms with Crippen LogP contribution in [-0.2, 0) is 4.79 Å². The number of hydrogen-bond donors (Lipinski definition) is 1. The van der Waals surface area contributed by atoms with Gasteiger partial charge in [-0.3, -0.25) is 4.79 Å². The second-order valence-electron chi connectivity index (χ2n) is 6.41. The van der Waals surface area contributed by atoms with Crippen LogP contribution in [0.25, 0.3) is 0 Å². The molecule has 0 bridgehead atoms. The molecule has 3 aromatic rings. The summed E-state index contributed by atoms with van der Waals surface area (Å²) in [5.74, 6) is 1.78. The Morgan fingerprint density at radius 3 is 2.38 bits per heavy atom. The molecule has 3 rings (SSSR count). The Hall–Kier alpha value is -3.41. The molecule has 0 aliphatic carbocycles. The molecule has 6 nitrogen and oxygen atoms in total. The topological polar surface area (TPSA) is 61.7 Å². The van der Waals surface area contributed by atoms with Gasteiger partial charge in [0.15, 0.2) is 11.5 Å². The monoisotopic (exact) mass is 394 g/mol. The Morgan fingerprint density at radius 1 is 0.966 bits per heavy atom. The van der Waals surface area contributed by atoms with E-state index in [4.69, 9.17) is 14.2 Å². The van der Waals surface area contributed by atoms with Crippen LogP contribution < -0.4 is 19.5 Å². The van der Waals surface area contributed by atoms with Crippen molar-refractivity contribution >= 4 is 11.6 Å². The molecule has 1 N–H and O–H groups in total. The normalized spacial score (nSPS) is 11.6. The lowest BCUT2D eigenvalue weighted by molar-refractivity contribution is -0.116. The molecular formula is C23H26N2O4. The highest BCUT2D eigenvalue weighted by Crippen LogP contribution is 2.38. The molecule has 0 saturated heterocycles. The number of carbonyl (C=O) groups excluding carboxylic acids is 1. The van der Waals surface area contributed by atoms with E-state index in [0.717, 1.165) is 5.56 Å². The van der Waals surface area contributed by atoms with Crippen molar-refractivity contribution in [2.75, 3.05) is 26.1 Å². The summed E-state index contributed by atoms with van der Waals surface area (Å²) >= 11 is 0. The minimum atomic E-state index is -0.255. The Bertz CT molecular complexity index is 938. The van der Waals surface area contributed by atoms with E-state index in [0.29, 0.717) is 29.5 Å². The van der Waals surface area contributed by atoms with Crippen molar-refractivity contribution < 1.29 is 19.0 Å². The van der Waals surface area contributed by atoms with Crippen molar-refractivity contribution in [3.63, 3.8) is 0 Å². The van der Waals surface area contributed by atoms with Gasteiger partial charge in [0.25, 0.3) is 0 Å². The number of nitrogens with one attached hydrogen (secondary N) is 1. The maximum Gasteiger partial charge on any atom is 0.226 e. The lowest BCUT2D eigenvalue weighted by atomic mass is 10.0. The molecule has 29 heavy (non-hydrogen) atoms. The second-order valence-corrected chi connectivity index (χ2v) is 6.41. The number of anilines is 1. The van der Waals surface area contributed by atoms with E-state index >= 15 is 0 Å². The van der Waals surface area contributed by atoms with Crippen molar-refractivity contribution in [2.45, 2.75) is 19.4 Å². The Kier molecular flexibility index (Phi) is 6.79. The predicted octanol–water partition coefficient (Wildman–Crippen LogP) is 4.52. The quantitative estimate of drug-likeness (QED) is 0.580. The number of para-hydroxylation sites is 3. The van der Waals surface area contributed by atoms with Gasteiger partial charge in [0.2, 0.25) is 5.91 Å². The van der Waals surface area contributed by atoms with E-state index in [-0.39, 0.29) is 18.4 Å². The molecule has 1 aromatic heterocycles. The lowest BCUT2D eigenvalue weighted by Gasteiger charge is -2.23. The third kappa shape index (κ3) is 4.71. The van der Waals surface area contributed by atoms with E-state index in [9.17, 15) is 4.79 Å². The number of ether oxygens (including phenoxy) is 3. The molecular weight excluding hydrogens is 368 g/mol. The molecule has 0 spiro atoms. The first-order valence-electron chi connectivity index (χ1n) is 9.53. The van der Waals surface area contributed by atoms with Crippen LogP contribution in [0.2, 0.25) is 0 Å². The number of nitrogens with zero attached hydrogens (tertiary/aromatic N) is 1. The van der Waals surface area contributed by atoms with Gasteiger partial charge >= 0.3 is 0 Å². The first kappa shape index (κ1) is 20.3. The average Bonchev–Trinajstić information content (AvgIpc) is 3.27. The molecule has 1 amide bonds. The molecule has 0 radical (unpaired) electrons. The van der Waals surface area contributed by atoms with Crippen LogP contribution in [0, 0.1) is 0 Å². The number of benzene rings is 2. The highest BCUT2D eigenvalue weighted by Gasteiger charge is 2.23. The van der Waals surface area contributed by atoms with Crippen molar-refractivity contribution in [3.05, 3.63) is 72.6 Å². The number of methoxy groups -OCH3 is 2. The predicted molar refractivity (Wildman–Crippen MR) is 113 cm³/mol. The Labute approximate surface area is 171 Å². The standard InChI is InChI=1S/C23H26N2O4/c1-4-29-20-12-6-5-11-18(20)24-22(26)16-19(25-14-7-8-15-25)17-10-9-13-21(27-2)23(17)28-3/h5-15,19H,4,16H2,1-3H3,(H,24,26). The Balaban J connectivity index is 1.90. The zero-order valence-electron chi connectivity index (χ0n) is 16.9.